The summed E-state index contributed by atoms with van der Waals surface area (Å²) in [6.45, 7) is 1.84. The molecule has 98 valence electrons. The Kier molecular flexibility index (Phi) is 4.04. The van der Waals surface area contributed by atoms with Crippen LogP contribution in [0.3, 0.4) is 0 Å². The fourth-order valence-corrected chi connectivity index (χ4v) is 1.86. The maximum absolute atomic E-state index is 8.75. The lowest BCUT2D eigenvalue weighted by Gasteiger charge is -2.10. The van der Waals surface area contributed by atoms with Crippen molar-refractivity contribution in [3.8, 4) is 5.75 Å². The molecule has 2 rings (SSSR count). The zero-order valence-corrected chi connectivity index (χ0v) is 10.5. The van der Waals surface area contributed by atoms with Crippen LogP contribution in [0, 0.1) is 5.92 Å². The van der Waals surface area contributed by atoms with E-state index < -0.39 is 0 Å². The molecule has 1 aliphatic carbocycles. The standard InChI is InChI=1S/C13H19N3O2/c1-18-12-5-4-10(6-11(12)13(14)16-17)8-15-7-9-2-3-9/h4-6,9,15,17H,2-3,7-8H2,1H3,(H2,14,16). The van der Waals surface area contributed by atoms with Crippen LogP contribution in [0.5, 0.6) is 5.75 Å². The number of ether oxygens (including phenoxy) is 1. The number of benzene rings is 1. The molecule has 0 saturated heterocycles. The molecule has 0 radical (unpaired) electrons. The highest BCUT2D eigenvalue weighted by molar-refractivity contribution is 5.99. The molecule has 0 unspecified atom stereocenters. The van der Waals surface area contributed by atoms with Gasteiger partial charge in [0.25, 0.3) is 0 Å². The molecule has 5 nitrogen and oxygen atoms in total. The van der Waals surface area contributed by atoms with Crippen molar-refractivity contribution in [2.24, 2.45) is 16.8 Å². The van der Waals surface area contributed by atoms with Crippen molar-refractivity contribution in [3.63, 3.8) is 0 Å². The third kappa shape index (κ3) is 3.13. The highest BCUT2D eigenvalue weighted by Crippen LogP contribution is 2.27. The Labute approximate surface area is 107 Å². The molecule has 0 aliphatic heterocycles. The van der Waals surface area contributed by atoms with Gasteiger partial charge in [0.05, 0.1) is 12.7 Å². The molecule has 0 heterocycles. The Morgan fingerprint density at radius 3 is 2.94 bits per heavy atom. The van der Waals surface area contributed by atoms with Crippen molar-refractivity contribution in [3.05, 3.63) is 29.3 Å². The van der Waals surface area contributed by atoms with E-state index in [1.807, 2.05) is 18.2 Å². The van der Waals surface area contributed by atoms with Gasteiger partial charge >= 0.3 is 0 Å². The van der Waals surface area contributed by atoms with Crippen LogP contribution in [-0.2, 0) is 6.54 Å². The van der Waals surface area contributed by atoms with Gasteiger partial charge in [-0.1, -0.05) is 11.2 Å². The minimum Gasteiger partial charge on any atom is -0.496 e. The quantitative estimate of drug-likeness (QED) is 0.307. The molecule has 0 atom stereocenters. The zero-order valence-electron chi connectivity index (χ0n) is 10.5. The van der Waals surface area contributed by atoms with Gasteiger partial charge in [-0.05, 0) is 43.0 Å². The third-order valence-electron chi connectivity index (χ3n) is 3.11. The molecule has 0 aromatic heterocycles. The van der Waals surface area contributed by atoms with Crippen LogP contribution in [0.4, 0.5) is 0 Å². The summed E-state index contributed by atoms with van der Waals surface area (Å²) in [7, 11) is 1.56. The maximum Gasteiger partial charge on any atom is 0.173 e. The molecular weight excluding hydrogens is 230 g/mol. The van der Waals surface area contributed by atoms with E-state index in [9.17, 15) is 0 Å². The number of rotatable bonds is 6. The average molecular weight is 249 g/mol. The van der Waals surface area contributed by atoms with Gasteiger partial charge in [0.2, 0.25) is 0 Å². The van der Waals surface area contributed by atoms with Crippen molar-refractivity contribution in [1.29, 1.82) is 0 Å². The van der Waals surface area contributed by atoms with Crippen molar-refractivity contribution in [2.45, 2.75) is 19.4 Å². The maximum atomic E-state index is 8.75. The second-order valence-electron chi connectivity index (χ2n) is 4.59. The van der Waals surface area contributed by atoms with Crippen LogP contribution in [0.15, 0.2) is 23.4 Å². The van der Waals surface area contributed by atoms with Gasteiger partial charge in [-0.3, -0.25) is 0 Å². The molecule has 5 heteroatoms. The highest BCUT2D eigenvalue weighted by atomic mass is 16.5. The van der Waals surface area contributed by atoms with Crippen molar-refractivity contribution >= 4 is 5.84 Å². The van der Waals surface area contributed by atoms with E-state index in [4.69, 9.17) is 15.7 Å². The fourth-order valence-electron chi connectivity index (χ4n) is 1.86. The Hall–Kier alpha value is -1.75. The first-order valence-corrected chi connectivity index (χ1v) is 6.10. The minimum atomic E-state index is 0.0656. The number of nitrogens with two attached hydrogens (primary N) is 1. The van der Waals surface area contributed by atoms with E-state index >= 15 is 0 Å². The number of methoxy groups -OCH3 is 1. The molecule has 0 amide bonds. The molecule has 0 spiro atoms. The molecular formula is C13H19N3O2. The summed E-state index contributed by atoms with van der Waals surface area (Å²) in [6, 6.07) is 5.70. The van der Waals surface area contributed by atoms with Gasteiger partial charge < -0.3 is 21.0 Å². The SMILES string of the molecule is COc1ccc(CNCC2CC2)cc1C(N)=NO. The number of hydrogen-bond acceptors (Lipinski definition) is 4. The molecule has 1 saturated carbocycles. The molecule has 1 fully saturated rings. The molecule has 4 N–H and O–H groups in total. The lowest BCUT2D eigenvalue weighted by atomic mass is 10.1. The number of nitrogens with one attached hydrogen (secondary N) is 1. The fraction of sp³-hybridized carbons (Fsp3) is 0.462. The zero-order chi connectivity index (χ0) is 13.0. The summed E-state index contributed by atoms with van der Waals surface area (Å²) in [4.78, 5) is 0. The minimum absolute atomic E-state index is 0.0656. The van der Waals surface area contributed by atoms with Crippen molar-refractivity contribution in [2.75, 3.05) is 13.7 Å². The van der Waals surface area contributed by atoms with Gasteiger partial charge in [0.1, 0.15) is 5.75 Å². The van der Waals surface area contributed by atoms with E-state index in [1.54, 1.807) is 7.11 Å². The molecule has 18 heavy (non-hydrogen) atoms. The number of amidine groups is 1. The van der Waals surface area contributed by atoms with Gasteiger partial charge in [0.15, 0.2) is 5.84 Å². The third-order valence-corrected chi connectivity index (χ3v) is 3.11. The Morgan fingerprint density at radius 1 is 1.56 bits per heavy atom. The van der Waals surface area contributed by atoms with Gasteiger partial charge in [0, 0.05) is 6.54 Å². The first-order valence-electron chi connectivity index (χ1n) is 6.10. The first kappa shape index (κ1) is 12.7. The average Bonchev–Trinajstić information content (AvgIpc) is 3.22. The lowest BCUT2D eigenvalue weighted by molar-refractivity contribution is 0.318. The van der Waals surface area contributed by atoms with Gasteiger partial charge in [-0.15, -0.1) is 0 Å². The molecule has 1 aromatic carbocycles. The van der Waals surface area contributed by atoms with E-state index in [2.05, 4.69) is 10.5 Å². The van der Waals surface area contributed by atoms with Crippen LogP contribution in [-0.4, -0.2) is 24.7 Å². The van der Waals surface area contributed by atoms with Crippen molar-refractivity contribution in [1.82, 2.24) is 5.32 Å². The normalized spacial score (nSPS) is 15.7. The summed E-state index contributed by atoms with van der Waals surface area (Å²) in [5.41, 5.74) is 7.34. The van der Waals surface area contributed by atoms with Crippen LogP contribution < -0.4 is 15.8 Å². The van der Waals surface area contributed by atoms with Crippen LogP contribution in [0.1, 0.15) is 24.0 Å². The van der Waals surface area contributed by atoms with E-state index in [-0.39, 0.29) is 5.84 Å². The number of hydrogen-bond donors (Lipinski definition) is 3. The Balaban J connectivity index is 2.06. The van der Waals surface area contributed by atoms with Crippen molar-refractivity contribution < 1.29 is 9.94 Å². The summed E-state index contributed by atoms with van der Waals surface area (Å²) in [5.74, 6) is 1.53. The predicted octanol–water partition coefficient (Wildman–Crippen LogP) is 1.29. The topological polar surface area (TPSA) is 79.9 Å². The van der Waals surface area contributed by atoms with Crippen LogP contribution >= 0.6 is 0 Å². The second kappa shape index (κ2) is 5.73. The highest BCUT2D eigenvalue weighted by Gasteiger charge is 2.20. The van der Waals surface area contributed by atoms with E-state index in [0.29, 0.717) is 11.3 Å². The number of oxime groups is 1. The largest absolute Gasteiger partial charge is 0.496 e. The molecule has 1 aromatic rings. The Bertz CT molecular complexity index is 442. The van der Waals surface area contributed by atoms with E-state index in [1.165, 1.54) is 12.8 Å². The summed E-state index contributed by atoms with van der Waals surface area (Å²) < 4.78 is 5.18. The smallest absolute Gasteiger partial charge is 0.173 e. The predicted molar refractivity (Wildman–Crippen MR) is 69.9 cm³/mol. The molecule has 0 bridgehead atoms. The lowest BCUT2D eigenvalue weighted by Crippen LogP contribution is -2.18. The van der Waals surface area contributed by atoms with Crippen LogP contribution in [0.25, 0.3) is 0 Å². The monoisotopic (exact) mass is 249 g/mol. The summed E-state index contributed by atoms with van der Waals surface area (Å²) >= 11 is 0. The second-order valence-corrected chi connectivity index (χ2v) is 4.59. The summed E-state index contributed by atoms with van der Waals surface area (Å²) in [5, 5.41) is 15.2. The Morgan fingerprint density at radius 2 is 2.33 bits per heavy atom. The van der Waals surface area contributed by atoms with E-state index in [0.717, 1.165) is 24.6 Å². The first-order chi connectivity index (χ1) is 8.74. The molecule has 1 aliphatic rings. The number of nitrogens with zero attached hydrogens (tertiary/aromatic N) is 1. The van der Waals surface area contributed by atoms with Gasteiger partial charge in [-0.2, -0.15) is 0 Å². The van der Waals surface area contributed by atoms with Crippen LogP contribution in [0.2, 0.25) is 0 Å². The summed E-state index contributed by atoms with van der Waals surface area (Å²) in [6.07, 6.45) is 2.68. The van der Waals surface area contributed by atoms with Gasteiger partial charge in [-0.25, -0.2) is 0 Å².